The number of rotatable bonds is 5. The minimum absolute atomic E-state index is 0.103. The summed E-state index contributed by atoms with van der Waals surface area (Å²) in [6.07, 6.45) is 0. The van der Waals surface area contributed by atoms with Crippen LogP contribution in [-0.2, 0) is 5.41 Å². The van der Waals surface area contributed by atoms with Gasteiger partial charge in [-0.2, -0.15) is 0 Å². The van der Waals surface area contributed by atoms with E-state index in [0.717, 1.165) is 128 Å². The molecule has 2 aromatic heterocycles. The van der Waals surface area contributed by atoms with Crippen molar-refractivity contribution in [2.45, 2.75) is 33.1 Å². The summed E-state index contributed by atoms with van der Waals surface area (Å²) in [6, 6.07) is 72.8. The second-order valence-corrected chi connectivity index (χ2v) is 20.9. The lowest BCUT2D eigenvalue weighted by Gasteiger charge is -2.45. The molecule has 348 valence electrons. The van der Waals surface area contributed by atoms with Gasteiger partial charge in [-0.1, -0.05) is 136 Å². The van der Waals surface area contributed by atoms with Crippen molar-refractivity contribution in [1.82, 2.24) is 0 Å². The van der Waals surface area contributed by atoms with Gasteiger partial charge in [0.15, 0.2) is 11.5 Å². The van der Waals surface area contributed by atoms with Gasteiger partial charge in [0.25, 0.3) is 6.71 Å². The summed E-state index contributed by atoms with van der Waals surface area (Å²) in [7, 11) is 0. The second-order valence-electron chi connectivity index (χ2n) is 20.9. The van der Waals surface area contributed by atoms with Gasteiger partial charge in [0, 0.05) is 61.6 Å². The fourth-order valence-corrected chi connectivity index (χ4v) is 11.9. The normalized spacial score (nSPS) is 13.6. The first-order valence-electron chi connectivity index (χ1n) is 25.2. The van der Waals surface area contributed by atoms with Crippen LogP contribution < -0.4 is 35.7 Å². The molecule has 0 aliphatic carbocycles. The van der Waals surface area contributed by atoms with E-state index in [-0.39, 0.29) is 18.9 Å². The monoisotopic (exact) mass is 942 g/mol. The summed E-state index contributed by atoms with van der Waals surface area (Å²) in [5.41, 5.74) is 22.9. The minimum atomic E-state index is -0.107. The molecule has 0 fully saturated rings. The zero-order valence-corrected chi connectivity index (χ0v) is 40.9. The van der Waals surface area contributed by atoms with E-state index in [9.17, 15) is 0 Å². The molecule has 5 heterocycles. The van der Waals surface area contributed by atoms with E-state index in [0.29, 0.717) is 0 Å². The lowest BCUT2D eigenvalue weighted by molar-refractivity contribution is 0.174. The predicted octanol–water partition coefficient (Wildman–Crippen LogP) is 15.9. The third-order valence-corrected chi connectivity index (χ3v) is 15.4. The van der Waals surface area contributed by atoms with E-state index in [1.807, 2.05) is 24.3 Å². The Morgan fingerprint density at radius 1 is 0.411 bits per heavy atom. The van der Waals surface area contributed by atoms with Crippen LogP contribution in [0.3, 0.4) is 0 Å². The minimum Gasteiger partial charge on any atom is -0.456 e. The Morgan fingerprint density at radius 2 is 0.945 bits per heavy atom. The molecule has 10 aromatic carbocycles. The number of fused-ring (bicyclic) bond motifs is 11. The maximum Gasteiger partial charge on any atom is 0.252 e. The third-order valence-electron chi connectivity index (χ3n) is 15.4. The van der Waals surface area contributed by atoms with Crippen LogP contribution in [0, 0.1) is 6.92 Å². The number of nitrogens with zero attached hydrogens (tertiary/aromatic N) is 2. The average Bonchev–Trinajstić information content (AvgIpc) is 4.15. The number of para-hydroxylation sites is 2. The molecule has 15 rings (SSSR count). The largest absolute Gasteiger partial charge is 0.456 e. The maximum atomic E-state index is 6.48. The van der Waals surface area contributed by atoms with Gasteiger partial charge < -0.3 is 28.1 Å². The summed E-state index contributed by atoms with van der Waals surface area (Å²) in [5, 5.41) is 4.50. The van der Waals surface area contributed by atoms with Crippen molar-refractivity contribution in [1.29, 1.82) is 0 Å². The van der Waals surface area contributed by atoms with Gasteiger partial charge in [-0.05, 0) is 147 Å². The van der Waals surface area contributed by atoms with Crippen molar-refractivity contribution in [2.75, 3.05) is 16.6 Å². The number of hydrogen-bond donors (Lipinski definition) is 0. The molecule has 0 N–H and O–H groups in total. The summed E-state index contributed by atoms with van der Waals surface area (Å²) in [4.78, 5) is 4.99. The molecule has 6 nitrogen and oxygen atoms in total. The Hall–Kier alpha value is -8.94. The molecule has 0 amide bonds. The van der Waals surface area contributed by atoms with Crippen LogP contribution in [0.2, 0.25) is 0 Å². The smallest absolute Gasteiger partial charge is 0.252 e. The highest BCUT2D eigenvalue weighted by Gasteiger charge is 2.45. The highest BCUT2D eigenvalue weighted by atomic mass is 16.7. The molecule has 12 aromatic rings. The highest BCUT2D eigenvalue weighted by molar-refractivity contribution is 7.00. The molecule has 7 heteroatoms. The molecule has 0 atom stereocenters. The Labute approximate surface area is 423 Å². The number of hydrogen-bond acceptors (Lipinski definition) is 6. The molecule has 73 heavy (non-hydrogen) atoms. The third kappa shape index (κ3) is 6.44. The van der Waals surface area contributed by atoms with Crippen LogP contribution in [0.15, 0.2) is 209 Å². The van der Waals surface area contributed by atoms with E-state index in [4.69, 9.17) is 18.3 Å². The molecular formula is C66H47BN2O4. The molecule has 0 saturated heterocycles. The van der Waals surface area contributed by atoms with Gasteiger partial charge in [0.2, 0.25) is 6.79 Å². The van der Waals surface area contributed by atoms with E-state index >= 15 is 0 Å². The topological polar surface area (TPSA) is 51.2 Å². The number of aryl methyl sites for hydroxylation is 1. The van der Waals surface area contributed by atoms with Crippen LogP contribution in [-0.4, -0.2) is 13.5 Å². The number of benzene rings is 10. The van der Waals surface area contributed by atoms with Crippen molar-refractivity contribution in [3.8, 4) is 44.9 Å². The van der Waals surface area contributed by atoms with Crippen molar-refractivity contribution in [2.24, 2.45) is 0 Å². The Bertz CT molecular complexity index is 4260. The maximum absolute atomic E-state index is 6.48. The van der Waals surface area contributed by atoms with Crippen LogP contribution in [0.1, 0.15) is 31.9 Å². The van der Waals surface area contributed by atoms with Crippen molar-refractivity contribution in [3.05, 3.63) is 211 Å². The van der Waals surface area contributed by atoms with Gasteiger partial charge in [-0.3, -0.25) is 0 Å². The fourth-order valence-electron chi connectivity index (χ4n) is 11.9. The summed E-state index contributed by atoms with van der Waals surface area (Å²) < 4.78 is 25.1. The van der Waals surface area contributed by atoms with E-state index in [1.165, 1.54) is 22.0 Å². The first-order chi connectivity index (χ1) is 35.7. The first kappa shape index (κ1) is 41.8. The first-order valence-corrected chi connectivity index (χ1v) is 25.2. The lowest BCUT2D eigenvalue weighted by Crippen LogP contribution is -2.61. The van der Waals surface area contributed by atoms with Crippen LogP contribution in [0.25, 0.3) is 77.3 Å². The zero-order valence-electron chi connectivity index (χ0n) is 40.9. The Balaban J connectivity index is 0.969. The van der Waals surface area contributed by atoms with Gasteiger partial charge >= 0.3 is 0 Å². The van der Waals surface area contributed by atoms with Gasteiger partial charge in [-0.15, -0.1) is 0 Å². The van der Waals surface area contributed by atoms with Crippen molar-refractivity contribution >= 4 is 101 Å². The van der Waals surface area contributed by atoms with E-state index in [1.54, 1.807) is 0 Å². The van der Waals surface area contributed by atoms with Gasteiger partial charge in [-0.25, -0.2) is 0 Å². The number of furan rings is 2. The Kier molecular flexibility index (Phi) is 8.90. The molecule has 0 bridgehead atoms. The van der Waals surface area contributed by atoms with Crippen LogP contribution in [0.4, 0.5) is 34.1 Å². The number of anilines is 6. The van der Waals surface area contributed by atoms with E-state index in [2.05, 4.69) is 213 Å². The molecule has 0 spiro atoms. The SMILES string of the molecule is Cc1cc2c3c(c1)N(c1cc4c(cc1-c1ccccc1)OCO4)c1ccc(C(C)(C)C)cc1B3c1cc(-c3ccc4c(c3)oc3ccccc34)ccc1N2c1ccc(-c2ccc3c(c2)oc2ccccc23)cc1. The van der Waals surface area contributed by atoms with Crippen LogP contribution >= 0.6 is 0 Å². The van der Waals surface area contributed by atoms with Crippen molar-refractivity contribution < 1.29 is 18.3 Å². The average molecular weight is 943 g/mol. The zero-order chi connectivity index (χ0) is 48.7. The highest BCUT2D eigenvalue weighted by Crippen LogP contribution is 2.51. The standard InChI is InChI=1S/C66H47BN2O4/c1-39-30-57-65-58(31-39)69(56-37-64-63(70-38-71-64)36-51(56)41-12-6-5-7-13-41)55-29-23-45(66(2,3)4)35-53(55)67(65)52-32-42(44-21-27-50-48-15-9-11-17-60(48)73-62(50)34-44)22-28-54(52)68(57)46-24-18-40(19-25-46)43-20-26-49-47-14-8-10-16-59(47)72-61(49)33-43/h5-37H,38H2,1-4H3. The molecule has 0 unspecified atom stereocenters. The lowest BCUT2D eigenvalue weighted by atomic mass is 9.33. The summed E-state index contributed by atoms with van der Waals surface area (Å²) in [5.74, 6) is 1.49. The second kappa shape index (κ2) is 15.5. The number of ether oxygens (including phenoxy) is 2. The van der Waals surface area contributed by atoms with E-state index < -0.39 is 0 Å². The molecule has 3 aliphatic heterocycles. The fraction of sp³-hybridized carbons (Fsp3) is 0.0909. The van der Waals surface area contributed by atoms with Crippen molar-refractivity contribution in [3.63, 3.8) is 0 Å². The predicted molar refractivity (Wildman–Crippen MR) is 301 cm³/mol. The summed E-state index contributed by atoms with van der Waals surface area (Å²) >= 11 is 0. The molecule has 3 aliphatic rings. The Morgan fingerprint density at radius 3 is 1.63 bits per heavy atom. The molecule has 0 radical (unpaired) electrons. The molecular weight excluding hydrogens is 896 g/mol. The van der Waals surface area contributed by atoms with Gasteiger partial charge in [0.05, 0.1) is 5.69 Å². The van der Waals surface area contributed by atoms with Gasteiger partial charge in [0.1, 0.15) is 22.3 Å². The quantitative estimate of drug-likeness (QED) is 0.160. The summed E-state index contributed by atoms with van der Waals surface area (Å²) in [6.45, 7) is 9.23. The molecule has 0 saturated carbocycles. The van der Waals surface area contributed by atoms with Crippen LogP contribution in [0.5, 0.6) is 11.5 Å².